The molecule has 1 fully saturated rings. The van der Waals surface area contributed by atoms with Crippen LogP contribution in [0.4, 0.5) is 0 Å². The monoisotopic (exact) mass is 275 g/mol. The molecule has 1 aromatic carbocycles. The molecule has 20 heavy (non-hydrogen) atoms. The van der Waals surface area contributed by atoms with Crippen molar-refractivity contribution in [2.24, 2.45) is 17.8 Å². The Kier molecular flexibility index (Phi) is 5.47. The fourth-order valence-corrected chi connectivity index (χ4v) is 3.63. The van der Waals surface area contributed by atoms with Crippen molar-refractivity contribution in [3.63, 3.8) is 0 Å². The molecule has 2 nitrogen and oxygen atoms in total. The van der Waals surface area contributed by atoms with E-state index in [2.05, 4.69) is 50.5 Å². The Labute approximate surface area is 123 Å². The Morgan fingerprint density at radius 1 is 1.00 bits per heavy atom. The van der Waals surface area contributed by atoms with E-state index in [1.165, 1.54) is 31.2 Å². The molecule has 1 saturated carbocycles. The second-order valence-electron chi connectivity index (χ2n) is 6.46. The number of ether oxygens (including phenoxy) is 1. The van der Waals surface area contributed by atoms with Crippen LogP contribution in [0.5, 0.6) is 5.75 Å². The van der Waals surface area contributed by atoms with Gasteiger partial charge in [0.2, 0.25) is 0 Å². The smallest absolute Gasteiger partial charge is 0.118 e. The lowest BCUT2D eigenvalue weighted by molar-refractivity contribution is 0.192. The fourth-order valence-electron chi connectivity index (χ4n) is 3.63. The standard InChI is InChI=1S/C18H29NO/c1-13(2)14-5-7-15(8-6-14)18(19-3)16-9-11-17(20-4)12-10-16/h9-15,18-19H,5-8H2,1-4H3. The van der Waals surface area contributed by atoms with Gasteiger partial charge >= 0.3 is 0 Å². The Morgan fingerprint density at radius 2 is 1.55 bits per heavy atom. The number of nitrogens with one attached hydrogen (secondary N) is 1. The molecular weight excluding hydrogens is 246 g/mol. The van der Waals surface area contributed by atoms with Crippen molar-refractivity contribution in [3.05, 3.63) is 29.8 Å². The van der Waals surface area contributed by atoms with Crippen molar-refractivity contribution in [2.75, 3.05) is 14.2 Å². The first-order chi connectivity index (χ1) is 9.65. The van der Waals surface area contributed by atoms with Crippen LogP contribution in [0.2, 0.25) is 0 Å². The van der Waals surface area contributed by atoms with Crippen LogP contribution in [0, 0.1) is 17.8 Å². The van der Waals surface area contributed by atoms with Crippen molar-refractivity contribution in [2.45, 2.75) is 45.6 Å². The van der Waals surface area contributed by atoms with Gasteiger partial charge in [0.1, 0.15) is 5.75 Å². The lowest BCUT2D eigenvalue weighted by Crippen LogP contribution is -2.29. The third kappa shape index (κ3) is 3.54. The van der Waals surface area contributed by atoms with E-state index in [-0.39, 0.29) is 0 Å². The molecule has 0 spiro atoms. The average Bonchev–Trinajstić information content (AvgIpc) is 2.49. The van der Waals surface area contributed by atoms with Crippen molar-refractivity contribution < 1.29 is 4.74 Å². The molecule has 112 valence electrons. The largest absolute Gasteiger partial charge is 0.497 e. The van der Waals surface area contributed by atoms with E-state index in [1.54, 1.807) is 7.11 Å². The fraction of sp³-hybridized carbons (Fsp3) is 0.667. The molecule has 0 bridgehead atoms. The first-order valence-corrected chi connectivity index (χ1v) is 7.97. The lowest BCUT2D eigenvalue weighted by Gasteiger charge is -2.35. The number of hydrogen-bond acceptors (Lipinski definition) is 2. The Balaban J connectivity index is 2.01. The van der Waals surface area contributed by atoms with Crippen molar-refractivity contribution in [1.82, 2.24) is 5.32 Å². The van der Waals surface area contributed by atoms with Crippen LogP contribution in [-0.4, -0.2) is 14.2 Å². The third-order valence-electron chi connectivity index (χ3n) is 5.02. The normalized spacial score (nSPS) is 24.6. The molecule has 0 radical (unpaired) electrons. The van der Waals surface area contributed by atoms with Gasteiger partial charge in [-0.15, -0.1) is 0 Å². The van der Waals surface area contributed by atoms with Crippen molar-refractivity contribution >= 4 is 0 Å². The van der Waals surface area contributed by atoms with Crippen LogP contribution in [-0.2, 0) is 0 Å². The topological polar surface area (TPSA) is 21.3 Å². The van der Waals surface area contributed by atoms with E-state index in [0.717, 1.165) is 23.5 Å². The summed E-state index contributed by atoms with van der Waals surface area (Å²) in [6.07, 6.45) is 5.47. The Hall–Kier alpha value is -1.02. The zero-order valence-corrected chi connectivity index (χ0v) is 13.4. The molecule has 1 aromatic rings. The average molecular weight is 275 g/mol. The summed E-state index contributed by atoms with van der Waals surface area (Å²) in [7, 11) is 3.81. The van der Waals surface area contributed by atoms with Gasteiger partial charge in [0.25, 0.3) is 0 Å². The lowest BCUT2D eigenvalue weighted by atomic mass is 9.73. The van der Waals surface area contributed by atoms with E-state index in [1.807, 2.05) is 0 Å². The summed E-state index contributed by atoms with van der Waals surface area (Å²) in [6.45, 7) is 4.73. The van der Waals surface area contributed by atoms with Gasteiger partial charge in [0.15, 0.2) is 0 Å². The minimum Gasteiger partial charge on any atom is -0.497 e. The van der Waals surface area contributed by atoms with E-state index in [4.69, 9.17) is 4.74 Å². The van der Waals surface area contributed by atoms with E-state index in [0.29, 0.717) is 6.04 Å². The predicted molar refractivity (Wildman–Crippen MR) is 85.1 cm³/mol. The summed E-state index contributed by atoms with van der Waals surface area (Å²) < 4.78 is 5.25. The molecule has 1 atom stereocenters. The van der Waals surface area contributed by atoms with Crippen LogP contribution < -0.4 is 10.1 Å². The minimum atomic E-state index is 0.481. The molecule has 1 aliphatic rings. The van der Waals surface area contributed by atoms with Crippen LogP contribution >= 0.6 is 0 Å². The molecule has 1 N–H and O–H groups in total. The highest BCUT2D eigenvalue weighted by Crippen LogP contribution is 2.39. The van der Waals surface area contributed by atoms with Gasteiger partial charge in [0, 0.05) is 6.04 Å². The van der Waals surface area contributed by atoms with Gasteiger partial charge in [-0.2, -0.15) is 0 Å². The highest BCUT2D eigenvalue weighted by molar-refractivity contribution is 5.29. The van der Waals surface area contributed by atoms with Crippen molar-refractivity contribution in [1.29, 1.82) is 0 Å². The SMILES string of the molecule is CNC(c1ccc(OC)cc1)C1CCC(C(C)C)CC1. The molecule has 0 heterocycles. The molecule has 2 rings (SSSR count). The van der Waals surface area contributed by atoms with Gasteiger partial charge in [0.05, 0.1) is 7.11 Å². The molecule has 0 saturated heterocycles. The van der Waals surface area contributed by atoms with Gasteiger partial charge in [-0.3, -0.25) is 0 Å². The third-order valence-corrected chi connectivity index (χ3v) is 5.02. The molecule has 0 aliphatic heterocycles. The van der Waals surface area contributed by atoms with Gasteiger partial charge in [-0.1, -0.05) is 26.0 Å². The van der Waals surface area contributed by atoms with E-state index >= 15 is 0 Å². The van der Waals surface area contributed by atoms with E-state index < -0.39 is 0 Å². The van der Waals surface area contributed by atoms with Crippen LogP contribution in [0.3, 0.4) is 0 Å². The minimum absolute atomic E-state index is 0.481. The molecule has 2 heteroatoms. The Bertz CT molecular complexity index is 390. The Morgan fingerprint density at radius 3 is 2.00 bits per heavy atom. The highest BCUT2D eigenvalue weighted by atomic mass is 16.5. The van der Waals surface area contributed by atoms with Crippen molar-refractivity contribution in [3.8, 4) is 5.75 Å². The second kappa shape index (κ2) is 7.12. The molecular formula is C18H29NO. The maximum Gasteiger partial charge on any atom is 0.118 e. The van der Waals surface area contributed by atoms with E-state index in [9.17, 15) is 0 Å². The summed E-state index contributed by atoms with van der Waals surface area (Å²) >= 11 is 0. The quantitative estimate of drug-likeness (QED) is 0.859. The van der Waals surface area contributed by atoms with Gasteiger partial charge in [-0.25, -0.2) is 0 Å². The van der Waals surface area contributed by atoms with Crippen LogP contribution in [0.1, 0.15) is 51.1 Å². The maximum absolute atomic E-state index is 5.25. The second-order valence-corrected chi connectivity index (χ2v) is 6.46. The maximum atomic E-state index is 5.25. The summed E-state index contributed by atoms with van der Waals surface area (Å²) in [5.41, 5.74) is 1.39. The zero-order valence-electron chi connectivity index (χ0n) is 13.4. The zero-order chi connectivity index (χ0) is 14.5. The summed E-state index contributed by atoms with van der Waals surface area (Å²) in [5, 5.41) is 3.53. The summed E-state index contributed by atoms with van der Waals surface area (Å²) in [5.74, 6) is 3.47. The number of methoxy groups -OCH3 is 1. The van der Waals surface area contributed by atoms with Gasteiger partial charge in [-0.05, 0) is 68.2 Å². The number of rotatable bonds is 5. The van der Waals surface area contributed by atoms with Gasteiger partial charge < -0.3 is 10.1 Å². The molecule has 1 aliphatic carbocycles. The predicted octanol–water partition coefficient (Wildman–Crippen LogP) is 4.42. The first kappa shape index (κ1) is 15.4. The highest BCUT2D eigenvalue weighted by Gasteiger charge is 2.28. The first-order valence-electron chi connectivity index (χ1n) is 7.97. The van der Waals surface area contributed by atoms with Crippen LogP contribution in [0.15, 0.2) is 24.3 Å². The molecule has 0 amide bonds. The van der Waals surface area contributed by atoms with Crippen LogP contribution in [0.25, 0.3) is 0 Å². The number of hydrogen-bond donors (Lipinski definition) is 1. The molecule has 0 aromatic heterocycles. The summed E-state index contributed by atoms with van der Waals surface area (Å²) in [6, 6.07) is 9.02. The summed E-state index contributed by atoms with van der Waals surface area (Å²) in [4.78, 5) is 0. The molecule has 1 unspecified atom stereocenters. The number of benzene rings is 1.